The molecule has 0 radical (unpaired) electrons. The first-order chi connectivity index (χ1) is 22.3. The molecule has 2 aromatic heterocycles. The zero-order chi connectivity index (χ0) is 29.5. The van der Waals surface area contributed by atoms with Crippen LogP contribution in [0.3, 0.4) is 0 Å². The molecule has 0 saturated carbocycles. The molecule has 8 aromatic carbocycles. The van der Waals surface area contributed by atoms with Gasteiger partial charge in [0.15, 0.2) is 0 Å². The highest BCUT2D eigenvalue weighted by Gasteiger charge is 2.15. The fourth-order valence-corrected chi connectivity index (χ4v) is 7.61. The lowest BCUT2D eigenvalue weighted by Gasteiger charge is -2.11. The second kappa shape index (κ2) is 9.25. The van der Waals surface area contributed by atoms with E-state index in [0.717, 1.165) is 27.6 Å². The van der Waals surface area contributed by atoms with Crippen LogP contribution in [0.2, 0.25) is 0 Å². The smallest absolute Gasteiger partial charge is 0.146 e. The second-order valence-corrected chi connectivity index (χ2v) is 11.9. The SMILES string of the molecule is c1ccc2c(c1)c1ccccc1c1cc3nc4c5ccccc5c5ccccc5c5ccccc5n4c3cc1c1ccccc21. The molecule has 0 unspecified atom stereocenters. The predicted octanol–water partition coefficient (Wildman–Crippen LogP) is 11.7. The van der Waals surface area contributed by atoms with Crippen LogP contribution < -0.4 is 0 Å². The van der Waals surface area contributed by atoms with Gasteiger partial charge in [-0.3, -0.25) is 4.40 Å². The largest absolute Gasteiger partial charge is 0.292 e. The molecule has 2 nitrogen and oxygen atoms in total. The van der Waals surface area contributed by atoms with E-state index in [2.05, 4.69) is 162 Å². The Hall–Kier alpha value is -5.99. The van der Waals surface area contributed by atoms with E-state index in [9.17, 15) is 0 Å². The van der Waals surface area contributed by atoms with Crippen LogP contribution in [0, 0.1) is 0 Å². The highest BCUT2D eigenvalue weighted by atomic mass is 15.0. The van der Waals surface area contributed by atoms with Crippen LogP contribution in [0.25, 0.3) is 92.2 Å². The van der Waals surface area contributed by atoms with Crippen molar-refractivity contribution in [3.05, 3.63) is 158 Å². The first-order valence-corrected chi connectivity index (χ1v) is 15.5. The molecule has 10 aromatic rings. The quantitative estimate of drug-likeness (QED) is 0.177. The van der Waals surface area contributed by atoms with Crippen LogP contribution in [-0.2, 0) is 0 Å². The van der Waals surface area contributed by atoms with E-state index in [1.807, 2.05) is 0 Å². The van der Waals surface area contributed by atoms with E-state index in [1.54, 1.807) is 0 Å². The van der Waals surface area contributed by atoms with Crippen molar-refractivity contribution in [2.45, 2.75) is 0 Å². The van der Waals surface area contributed by atoms with Crippen LogP contribution >= 0.6 is 0 Å². The number of rotatable bonds is 0. The summed E-state index contributed by atoms with van der Waals surface area (Å²) in [6.45, 7) is 0. The van der Waals surface area contributed by atoms with Gasteiger partial charge in [0.1, 0.15) is 5.65 Å². The minimum atomic E-state index is 0.963. The molecule has 2 heterocycles. The molecule has 0 aliphatic rings. The van der Waals surface area contributed by atoms with Crippen molar-refractivity contribution >= 4 is 92.2 Å². The summed E-state index contributed by atoms with van der Waals surface area (Å²) in [7, 11) is 0. The number of benzene rings is 7. The Kier molecular flexibility index (Phi) is 5.03. The zero-order valence-corrected chi connectivity index (χ0v) is 24.4. The van der Waals surface area contributed by atoms with Gasteiger partial charge >= 0.3 is 0 Å². The lowest BCUT2D eigenvalue weighted by atomic mass is 9.94. The van der Waals surface area contributed by atoms with Crippen LogP contribution in [0.5, 0.6) is 0 Å². The Labute approximate surface area is 258 Å². The maximum atomic E-state index is 5.47. The lowest BCUT2D eigenvalue weighted by Crippen LogP contribution is -1.90. The van der Waals surface area contributed by atoms with Gasteiger partial charge in [0.2, 0.25) is 0 Å². The molecule has 2 heteroatoms. The average molecular weight is 571 g/mol. The van der Waals surface area contributed by atoms with Crippen LogP contribution in [-0.4, -0.2) is 9.38 Å². The summed E-state index contributed by atoms with van der Waals surface area (Å²) in [5.74, 6) is 0. The summed E-state index contributed by atoms with van der Waals surface area (Å²) < 4.78 is 2.39. The van der Waals surface area contributed by atoms with E-state index >= 15 is 0 Å². The summed E-state index contributed by atoms with van der Waals surface area (Å²) in [5.41, 5.74) is 4.19. The number of aromatic nitrogens is 2. The van der Waals surface area contributed by atoms with Gasteiger partial charge in [-0.25, -0.2) is 4.98 Å². The minimum absolute atomic E-state index is 0.963. The van der Waals surface area contributed by atoms with Gasteiger partial charge in [-0.2, -0.15) is 0 Å². The molecule has 0 N–H and O–H groups in total. The van der Waals surface area contributed by atoms with Gasteiger partial charge in [-0.15, -0.1) is 0 Å². The van der Waals surface area contributed by atoms with Gasteiger partial charge in [0, 0.05) is 10.8 Å². The number of nitrogens with zero attached hydrogens (tertiary/aromatic N) is 2. The van der Waals surface area contributed by atoms with Crippen LogP contribution in [0.1, 0.15) is 0 Å². The molecule has 0 amide bonds. The van der Waals surface area contributed by atoms with E-state index < -0.39 is 0 Å². The van der Waals surface area contributed by atoms with Crippen LogP contribution in [0.15, 0.2) is 158 Å². The topological polar surface area (TPSA) is 17.3 Å². The van der Waals surface area contributed by atoms with Crippen molar-refractivity contribution in [3.63, 3.8) is 0 Å². The zero-order valence-electron chi connectivity index (χ0n) is 24.4. The molecule has 0 atom stereocenters. The summed E-state index contributed by atoms with van der Waals surface area (Å²) >= 11 is 0. The van der Waals surface area contributed by atoms with Gasteiger partial charge in [0.25, 0.3) is 0 Å². The molecule has 45 heavy (non-hydrogen) atoms. The number of imidazole rings is 1. The first-order valence-electron chi connectivity index (χ1n) is 15.5. The first kappa shape index (κ1) is 24.5. The maximum Gasteiger partial charge on any atom is 0.146 e. The van der Waals surface area contributed by atoms with Gasteiger partial charge in [-0.05, 0) is 77.4 Å². The number of hydrogen-bond acceptors (Lipinski definition) is 1. The highest BCUT2D eigenvalue weighted by molar-refractivity contribution is 6.27. The maximum absolute atomic E-state index is 5.47. The third-order valence-electron chi connectivity index (χ3n) is 9.56. The van der Waals surface area contributed by atoms with E-state index in [4.69, 9.17) is 4.98 Å². The molecule has 0 fully saturated rings. The number of hydrogen-bond donors (Lipinski definition) is 0. The molecule has 208 valence electrons. The number of para-hydroxylation sites is 1. The van der Waals surface area contributed by atoms with Crippen LogP contribution in [0.4, 0.5) is 0 Å². The van der Waals surface area contributed by atoms with Gasteiger partial charge in [-0.1, -0.05) is 140 Å². The summed E-state index contributed by atoms with van der Waals surface area (Å²) in [5, 5.41) is 15.9. The van der Waals surface area contributed by atoms with E-state index in [1.165, 1.54) is 64.6 Å². The Bertz CT molecular complexity index is 2870. The van der Waals surface area contributed by atoms with Crippen molar-refractivity contribution in [1.29, 1.82) is 0 Å². The molecular formula is C43H26N2. The van der Waals surface area contributed by atoms with Gasteiger partial charge in [0.05, 0.1) is 16.6 Å². The summed E-state index contributed by atoms with van der Waals surface area (Å²) in [6, 6.07) is 57.4. The average Bonchev–Trinajstić information content (AvgIpc) is 3.48. The predicted molar refractivity (Wildman–Crippen MR) is 193 cm³/mol. The molecule has 0 spiro atoms. The fraction of sp³-hybridized carbons (Fsp3) is 0. The second-order valence-electron chi connectivity index (χ2n) is 11.9. The Morgan fingerprint density at radius 2 is 0.622 bits per heavy atom. The monoisotopic (exact) mass is 570 g/mol. The molecule has 0 aliphatic carbocycles. The number of fused-ring (bicyclic) bond motifs is 18. The Morgan fingerprint density at radius 3 is 1.11 bits per heavy atom. The Morgan fingerprint density at radius 1 is 0.289 bits per heavy atom. The third-order valence-corrected chi connectivity index (χ3v) is 9.56. The Balaban J connectivity index is 1.56. The normalized spacial score (nSPS) is 12.0. The molecule has 10 rings (SSSR count). The highest BCUT2D eigenvalue weighted by Crippen LogP contribution is 2.39. The van der Waals surface area contributed by atoms with Gasteiger partial charge < -0.3 is 0 Å². The standard InChI is InChI=1S/C43H26N2/c1-2-14-28-27(13-1)29-15-4-7-20-34(29)38-25-40-42(26-39(38)35-21-8-5-16-30(28)35)45-41-24-12-11-22-36(41)32-18-6-3-17-31(32)33-19-9-10-23-37(33)43(45)44-40/h1-26H. The van der Waals surface area contributed by atoms with Crippen molar-refractivity contribution < 1.29 is 0 Å². The summed E-state index contributed by atoms with van der Waals surface area (Å²) in [6.07, 6.45) is 0. The minimum Gasteiger partial charge on any atom is -0.292 e. The molecule has 0 saturated heterocycles. The fourth-order valence-electron chi connectivity index (χ4n) is 7.61. The van der Waals surface area contributed by atoms with E-state index in [0.29, 0.717) is 0 Å². The lowest BCUT2D eigenvalue weighted by molar-refractivity contribution is 1.32. The van der Waals surface area contributed by atoms with Crippen molar-refractivity contribution in [3.8, 4) is 0 Å². The van der Waals surface area contributed by atoms with Crippen molar-refractivity contribution in [2.75, 3.05) is 0 Å². The molecule has 0 aliphatic heterocycles. The van der Waals surface area contributed by atoms with Crippen molar-refractivity contribution in [2.24, 2.45) is 0 Å². The molecular weight excluding hydrogens is 544 g/mol. The van der Waals surface area contributed by atoms with E-state index in [-0.39, 0.29) is 0 Å². The van der Waals surface area contributed by atoms with Crippen molar-refractivity contribution in [1.82, 2.24) is 9.38 Å². The summed E-state index contributed by atoms with van der Waals surface area (Å²) in [4.78, 5) is 5.47. The molecule has 0 bridgehead atoms. The third kappa shape index (κ3) is 3.42.